The molecule has 1 unspecified atom stereocenters. The summed E-state index contributed by atoms with van der Waals surface area (Å²) in [6.07, 6.45) is -0.0587. The third-order valence-electron chi connectivity index (χ3n) is 2.13. The summed E-state index contributed by atoms with van der Waals surface area (Å²) in [5.74, 6) is -2.15. The van der Waals surface area contributed by atoms with Crippen molar-refractivity contribution in [3.05, 3.63) is 17.2 Å². The Balaban J connectivity index is 3.11. The molecule has 16 heavy (non-hydrogen) atoms. The van der Waals surface area contributed by atoms with Gasteiger partial charge in [0.2, 0.25) is 0 Å². The molecule has 0 aliphatic rings. The van der Waals surface area contributed by atoms with Crippen LogP contribution in [0.15, 0.2) is 0 Å². The molecule has 0 fully saturated rings. The second-order valence-electron chi connectivity index (χ2n) is 3.24. The molecule has 1 heterocycles. The van der Waals surface area contributed by atoms with E-state index in [4.69, 9.17) is 15.6 Å². The molecule has 0 amide bonds. The molecule has 1 atom stereocenters. The Morgan fingerprint density at radius 1 is 1.62 bits per heavy atom. The Bertz CT molecular complexity index is 411. The lowest BCUT2D eigenvalue weighted by Gasteiger charge is -2.12. The van der Waals surface area contributed by atoms with Gasteiger partial charge in [0.05, 0.1) is 12.8 Å². The zero-order valence-corrected chi connectivity index (χ0v) is 8.90. The number of nitrogens with two attached hydrogens (primary N) is 1. The summed E-state index contributed by atoms with van der Waals surface area (Å²) in [5.41, 5.74) is 6.09. The van der Waals surface area contributed by atoms with Crippen LogP contribution < -0.4 is 10.5 Å². The first-order valence-electron chi connectivity index (χ1n) is 4.51. The lowest BCUT2D eigenvalue weighted by molar-refractivity contribution is -0.138. The zero-order chi connectivity index (χ0) is 12.3. The van der Waals surface area contributed by atoms with Crippen molar-refractivity contribution in [3.63, 3.8) is 0 Å². The molecule has 0 saturated heterocycles. The number of rotatable bonds is 4. The van der Waals surface area contributed by atoms with Gasteiger partial charge in [-0.05, 0) is 6.92 Å². The van der Waals surface area contributed by atoms with E-state index in [1.54, 1.807) is 6.92 Å². The van der Waals surface area contributed by atoms with Crippen LogP contribution in [0.4, 0.5) is 4.39 Å². The van der Waals surface area contributed by atoms with Crippen LogP contribution in [-0.2, 0) is 11.2 Å². The number of halogens is 1. The number of methoxy groups -OCH3 is 1. The Morgan fingerprint density at radius 2 is 2.25 bits per heavy atom. The summed E-state index contributed by atoms with van der Waals surface area (Å²) in [7, 11) is 1.27. The largest absolute Gasteiger partial charge is 0.492 e. The molecule has 1 aromatic rings. The fraction of sp³-hybridized carbons (Fsp3) is 0.444. The maximum atomic E-state index is 13.2. The van der Waals surface area contributed by atoms with Crippen molar-refractivity contribution >= 4 is 5.97 Å². The fourth-order valence-corrected chi connectivity index (χ4v) is 1.27. The number of hydrogen-bond donors (Lipinski definition) is 2. The number of nitrogens with zero attached hydrogens (tertiary/aromatic N) is 2. The van der Waals surface area contributed by atoms with Crippen LogP contribution >= 0.6 is 0 Å². The van der Waals surface area contributed by atoms with Crippen molar-refractivity contribution < 1.29 is 19.0 Å². The summed E-state index contributed by atoms with van der Waals surface area (Å²) in [6, 6.07) is -1.13. The van der Waals surface area contributed by atoms with Crippen LogP contribution in [0.2, 0.25) is 0 Å². The van der Waals surface area contributed by atoms with E-state index < -0.39 is 18.0 Å². The highest BCUT2D eigenvalue weighted by Crippen LogP contribution is 2.23. The zero-order valence-electron chi connectivity index (χ0n) is 8.90. The summed E-state index contributed by atoms with van der Waals surface area (Å²) < 4.78 is 18.0. The van der Waals surface area contributed by atoms with Gasteiger partial charge in [-0.2, -0.15) is 9.49 Å². The minimum absolute atomic E-state index is 0.0587. The number of aryl methyl sites for hydroxylation is 1. The highest BCUT2D eigenvalue weighted by molar-refractivity contribution is 5.73. The van der Waals surface area contributed by atoms with Crippen LogP contribution in [0.5, 0.6) is 5.75 Å². The second kappa shape index (κ2) is 4.84. The van der Waals surface area contributed by atoms with Gasteiger partial charge in [0.15, 0.2) is 5.75 Å². The first-order valence-corrected chi connectivity index (χ1v) is 4.51. The van der Waals surface area contributed by atoms with Gasteiger partial charge in [-0.1, -0.05) is 0 Å². The number of aliphatic carboxylic acids is 1. The van der Waals surface area contributed by atoms with E-state index >= 15 is 0 Å². The number of carboxylic acids is 1. The van der Waals surface area contributed by atoms with Gasteiger partial charge < -0.3 is 15.6 Å². The number of carboxylic acid groups (broad SMARTS) is 1. The second-order valence-corrected chi connectivity index (χ2v) is 3.24. The third kappa shape index (κ3) is 2.43. The third-order valence-corrected chi connectivity index (χ3v) is 2.13. The van der Waals surface area contributed by atoms with Crippen LogP contribution in [-0.4, -0.2) is 34.4 Å². The Hall–Kier alpha value is -1.76. The van der Waals surface area contributed by atoms with Crippen molar-refractivity contribution in [2.45, 2.75) is 19.4 Å². The lowest BCUT2D eigenvalue weighted by Crippen LogP contribution is -2.32. The molecule has 7 heteroatoms. The smallest absolute Gasteiger partial charge is 0.320 e. The fourth-order valence-electron chi connectivity index (χ4n) is 1.27. The highest BCUT2D eigenvalue weighted by atomic mass is 19.1. The molecule has 0 aliphatic heterocycles. The number of aromatic nitrogens is 2. The van der Waals surface area contributed by atoms with E-state index in [1.807, 2.05) is 0 Å². The van der Waals surface area contributed by atoms with Crippen molar-refractivity contribution in [1.82, 2.24) is 10.2 Å². The van der Waals surface area contributed by atoms with E-state index in [0.717, 1.165) is 0 Å². The topological polar surface area (TPSA) is 98.3 Å². The molecule has 88 valence electrons. The first kappa shape index (κ1) is 12.3. The van der Waals surface area contributed by atoms with Crippen molar-refractivity contribution in [1.29, 1.82) is 0 Å². The highest BCUT2D eigenvalue weighted by Gasteiger charge is 2.20. The number of ether oxygens (including phenoxy) is 1. The van der Waals surface area contributed by atoms with Crippen molar-refractivity contribution in [2.75, 3.05) is 7.11 Å². The van der Waals surface area contributed by atoms with Gasteiger partial charge in [0, 0.05) is 12.0 Å². The molecule has 0 spiro atoms. The Kier molecular flexibility index (Phi) is 3.73. The summed E-state index contributed by atoms with van der Waals surface area (Å²) in [6.45, 7) is 1.58. The molecular weight excluding hydrogens is 217 g/mol. The molecule has 1 rings (SSSR count). The van der Waals surface area contributed by atoms with E-state index in [1.165, 1.54) is 7.11 Å². The average Bonchev–Trinajstić information content (AvgIpc) is 2.23. The quantitative estimate of drug-likeness (QED) is 0.747. The molecule has 0 aliphatic carbocycles. The van der Waals surface area contributed by atoms with E-state index in [2.05, 4.69) is 10.2 Å². The normalized spacial score (nSPS) is 12.2. The Morgan fingerprint density at radius 3 is 2.75 bits per heavy atom. The van der Waals surface area contributed by atoms with Gasteiger partial charge in [-0.15, -0.1) is 5.10 Å². The molecule has 1 aromatic heterocycles. The van der Waals surface area contributed by atoms with Gasteiger partial charge >= 0.3 is 5.97 Å². The lowest BCUT2D eigenvalue weighted by atomic mass is 10.1. The molecule has 0 bridgehead atoms. The van der Waals surface area contributed by atoms with Crippen LogP contribution in [0, 0.1) is 12.9 Å². The maximum Gasteiger partial charge on any atom is 0.320 e. The van der Waals surface area contributed by atoms with Gasteiger partial charge in [0.25, 0.3) is 5.95 Å². The molecule has 3 N–H and O–H groups in total. The van der Waals surface area contributed by atoms with Gasteiger partial charge in [-0.25, -0.2) is 0 Å². The number of hydrogen-bond acceptors (Lipinski definition) is 5. The predicted molar refractivity (Wildman–Crippen MR) is 52.6 cm³/mol. The monoisotopic (exact) mass is 229 g/mol. The standard InChI is InChI=1S/C9H12FN3O3/c1-4-5(3-6(11)9(14)15)7(16-2)8(10)13-12-4/h6H,3,11H2,1-2H3,(H,14,15). The minimum Gasteiger partial charge on any atom is -0.492 e. The Labute approximate surface area is 91.2 Å². The minimum atomic E-state index is -1.17. The number of carbonyl (C=O) groups is 1. The predicted octanol–water partition coefficient (Wildman–Crippen LogP) is -0.113. The van der Waals surface area contributed by atoms with Gasteiger partial charge in [0.1, 0.15) is 6.04 Å². The van der Waals surface area contributed by atoms with E-state index in [-0.39, 0.29) is 12.2 Å². The summed E-state index contributed by atoms with van der Waals surface area (Å²) >= 11 is 0. The molecule has 0 radical (unpaired) electrons. The van der Waals surface area contributed by atoms with Crippen molar-refractivity contribution in [2.24, 2.45) is 5.73 Å². The van der Waals surface area contributed by atoms with Gasteiger partial charge in [-0.3, -0.25) is 4.79 Å². The van der Waals surface area contributed by atoms with E-state index in [0.29, 0.717) is 11.3 Å². The van der Waals surface area contributed by atoms with Crippen LogP contribution in [0.25, 0.3) is 0 Å². The first-order chi connectivity index (χ1) is 7.47. The van der Waals surface area contributed by atoms with Crippen molar-refractivity contribution in [3.8, 4) is 5.75 Å². The van der Waals surface area contributed by atoms with Crippen LogP contribution in [0.3, 0.4) is 0 Å². The molecular formula is C9H12FN3O3. The summed E-state index contributed by atoms with van der Waals surface area (Å²) in [4.78, 5) is 10.6. The molecule has 0 aromatic carbocycles. The molecule has 6 nitrogen and oxygen atoms in total. The maximum absolute atomic E-state index is 13.2. The average molecular weight is 229 g/mol. The van der Waals surface area contributed by atoms with Crippen LogP contribution in [0.1, 0.15) is 11.3 Å². The summed E-state index contributed by atoms with van der Waals surface area (Å²) in [5, 5.41) is 15.5. The SMILES string of the molecule is COc1c(F)nnc(C)c1CC(N)C(=O)O. The molecule has 0 saturated carbocycles. The van der Waals surface area contributed by atoms with E-state index in [9.17, 15) is 9.18 Å².